The summed E-state index contributed by atoms with van der Waals surface area (Å²) in [6.07, 6.45) is 7.11. The van der Waals surface area contributed by atoms with Crippen LogP contribution in [0.25, 0.3) is 0 Å². The zero-order chi connectivity index (χ0) is 11.6. The Morgan fingerprint density at radius 3 is 2.62 bits per heavy atom. The largest absolute Gasteiger partial charge is 0.338 e. The smallest absolute Gasteiger partial charge is 0.315 e. The molecule has 1 aliphatic carbocycles. The maximum absolute atomic E-state index is 11.5. The zero-order valence-corrected chi connectivity index (χ0v) is 10.3. The van der Waals surface area contributed by atoms with E-state index >= 15 is 0 Å². The maximum Gasteiger partial charge on any atom is 0.315 e. The van der Waals surface area contributed by atoms with Gasteiger partial charge in [-0.05, 0) is 32.4 Å². The lowest BCUT2D eigenvalue weighted by atomic mass is 9.96. The molecule has 0 unspecified atom stereocenters. The van der Waals surface area contributed by atoms with Crippen LogP contribution in [0.2, 0.25) is 0 Å². The molecule has 1 rings (SSSR count). The number of urea groups is 1. The van der Waals surface area contributed by atoms with Crippen LogP contribution in [0.15, 0.2) is 0 Å². The van der Waals surface area contributed by atoms with Crippen molar-refractivity contribution in [3.63, 3.8) is 0 Å². The highest BCUT2D eigenvalue weighted by Crippen LogP contribution is 2.16. The molecule has 16 heavy (non-hydrogen) atoms. The Morgan fingerprint density at radius 2 is 1.94 bits per heavy atom. The third-order valence-corrected chi connectivity index (χ3v) is 3.01. The highest BCUT2D eigenvalue weighted by atomic mass is 16.2. The summed E-state index contributed by atoms with van der Waals surface area (Å²) in [5, 5.41) is 9.17. The van der Waals surface area contributed by atoms with Gasteiger partial charge in [0.15, 0.2) is 0 Å². The molecular formula is C12H25N3O. The van der Waals surface area contributed by atoms with E-state index in [-0.39, 0.29) is 6.03 Å². The van der Waals surface area contributed by atoms with Gasteiger partial charge in [-0.15, -0.1) is 0 Å². The van der Waals surface area contributed by atoms with E-state index in [1.165, 1.54) is 19.3 Å². The van der Waals surface area contributed by atoms with E-state index in [4.69, 9.17) is 0 Å². The summed E-state index contributed by atoms with van der Waals surface area (Å²) >= 11 is 0. The summed E-state index contributed by atoms with van der Waals surface area (Å²) in [7, 11) is 0. The molecule has 1 fully saturated rings. The first-order valence-electron chi connectivity index (χ1n) is 6.58. The quantitative estimate of drug-likeness (QED) is 0.604. The molecule has 0 saturated heterocycles. The van der Waals surface area contributed by atoms with Gasteiger partial charge in [0.2, 0.25) is 0 Å². The summed E-state index contributed by atoms with van der Waals surface area (Å²) in [4.78, 5) is 11.5. The molecule has 0 aliphatic heterocycles. The van der Waals surface area contributed by atoms with Crippen molar-refractivity contribution in [2.45, 2.75) is 51.5 Å². The lowest BCUT2D eigenvalue weighted by Crippen LogP contribution is -2.43. The number of carbonyl (C=O) groups excluding carboxylic acids is 1. The molecule has 0 heterocycles. The third kappa shape index (κ3) is 5.95. The molecule has 0 aromatic heterocycles. The molecule has 0 aromatic rings. The first-order chi connectivity index (χ1) is 7.83. The van der Waals surface area contributed by atoms with Gasteiger partial charge in [-0.25, -0.2) is 4.79 Å². The average Bonchev–Trinajstić information content (AvgIpc) is 2.30. The Morgan fingerprint density at radius 1 is 1.19 bits per heavy atom. The van der Waals surface area contributed by atoms with Crippen LogP contribution in [0.1, 0.15) is 45.4 Å². The molecule has 0 bridgehead atoms. The van der Waals surface area contributed by atoms with Gasteiger partial charge in [0, 0.05) is 12.6 Å². The van der Waals surface area contributed by atoms with Crippen LogP contribution in [0.4, 0.5) is 4.79 Å². The third-order valence-electron chi connectivity index (χ3n) is 3.01. The van der Waals surface area contributed by atoms with Gasteiger partial charge in [-0.2, -0.15) is 0 Å². The van der Waals surface area contributed by atoms with Gasteiger partial charge in [0.25, 0.3) is 0 Å². The molecule has 1 aliphatic rings. The SMILES string of the molecule is CCNCCCNC(=O)NC1CCCCC1. The molecule has 0 atom stereocenters. The van der Waals surface area contributed by atoms with Crippen molar-refractivity contribution in [1.82, 2.24) is 16.0 Å². The minimum Gasteiger partial charge on any atom is -0.338 e. The van der Waals surface area contributed by atoms with E-state index in [1.807, 2.05) is 0 Å². The molecule has 1 saturated carbocycles. The van der Waals surface area contributed by atoms with Crippen molar-refractivity contribution in [2.24, 2.45) is 0 Å². The fourth-order valence-electron chi connectivity index (χ4n) is 2.08. The van der Waals surface area contributed by atoms with Gasteiger partial charge in [-0.1, -0.05) is 26.2 Å². The first kappa shape index (κ1) is 13.3. The van der Waals surface area contributed by atoms with Gasteiger partial charge in [-0.3, -0.25) is 0 Å². The number of nitrogens with one attached hydrogen (secondary N) is 3. The Balaban J connectivity index is 1.97. The van der Waals surface area contributed by atoms with Gasteiger partial charge < -0.3 is 16.0 Å². The normalized spacial score (nSPS) is 17.1. The Hall–Kier alpha value is -0.770. The monoisotopic (exact) mass is 227 g/mol. The number of hydrogen-bond acceptors (Lipinski definition) is 2. The highest BCUT2D eigenvalue weighted by molar-refractivity contribution is 5.74. The van der Waals surface area contributed by atoms with Crippen LogP contribution >= 0.6 is 0 Å². The van der Waals surface area contributed by atoms with Crippen LogP contribution in [0, 0.1) is 0 Å². The second-order valence-electron chi connectivity index (χ2n) is 4.44. The molecule has 0 aromatic carbocycles. The predicted molar refractivity (Wildman–Crippen MR) is 66.6 cm³/mol. The molecule has 4 nitrogen and oxygen atoms in total. The van der Waals surface area contributed by atoms with Crippen molar-refractivity contribution < 1.29 is 4.79 Å². The van der Waals surface area contributed by atoms with Crippen molar-refractivity contribution in [2.75, 3.05) is 19.6 Å². The molecular weight excluding hydrogens is 202 g/mol. The molecule has 94 valence electrons. The van der Waals surface area contributed by atoms with Gasteiger partial charge in [0.1, 0.15) is 0 Å². The standard InChI is InChI=1S/C12H25N3O/c1-2-13-9-6-10-14-12(16)15-11-7-4-3-5-8-11/h11,13H,2-10H2,1H3,(H2,14,15,16). The van der Waals surface area contributed by atoms with E-state index in [1.54, 1.807) is 0 Å². The molecule has 4 heteroatoms. The van der Waals surface area contributed by atoms with Crippen molar-refractivity contribution in [3.8, 4) is 0 Å². The lowest BCUT2D eigenvalue weighted by Gasteiger charge is -2.22. The fraction of sp³-hybridized carbons (Fsp3) is 0.917. The van der Waals surface area contributed by atoms with Crippen molar-refractivity contribution in [3.05, 3.63) is 0 Å². The molecule has 0 radical (unpaired) electrons. The minimum atomic E-state index is 0.00315. The number of hydrogen-bond donors (Lipinski definition) is 3. The Bertz CT molecular complexity index is 191. The van der Waals surface area contributed by atoms with Crippen LogP contribution in [-0.4, -0.2) is 31.7 Å². The van der Waals surface area contributed by atoms with Crippen molar-refractivity contribution in [1.29, 1.82) is 0 Å². The van der Waals surface area contributed by atoms with E-state index in [9.17, 15) is 4.79 Å². The van der Waals surface area contributed by atoms with E-state index < -0.39 is 0 Å². The predicted octanol–water partition coefficient (Wildman–Crippen LogP) is 1.62. The van der Waals surface area contributed by atoms with Gasteiger partial charge in [0.05, 0.1) is 0 Å². The number of carbonyl (C=O) groups is 1. The summed E-state index contributed by atoms with van der Waals surface area (Å²) in [6, 6.07) is 0.408. The summed E-state index contributed by atoms with van der Waals surface area (Å²) < 4.78 is 0. The molecule has 0 spiro atoms. The van der Waals surface area contributed by atoms with E-state index in [0.29, 0.717) is 6.04 Å². The second kappa shape index (κ2) is 8.39. The molecule has 2 amide bonds. The Labute approximate surface area is 98.6 Å². The number of rotatable bonds is 6. The summed E-state index contributed by atoms with van der Waals surface area (Å²) in [6.45, 7) is 4.81. The zero-order valence-electron chi connectivity index (χ0n) is 10.3. The lowest BCUT2D eigenvalue weighted by molar-refractivity contribution is 0.232. The van der Waals surface area contributed by atoms with Crippen molar-refractivity contribution >= 4 is 6.03 Å². The average molecular weight is 227 g/mol. The van der Waals surface area contributed by atoms with Crippen LogP contribution in [0.3, 0.4) is 0 Å². The van der Waals surface area contributed by atoms with E-state index in [0.717, 1.165) is 38.9 Å². The fourth-order valence-corrected chi connectivity index (χ4v) is 2.08. The maximum atomic E-state index is 11.5. The summed E-state index contributed by atoms with van der Waals surface area (Å²) in [5.41, 5.74) is 0. The molecule has 3 N–H and O–H groups in total. The van der Waals surface area contributed by atoms with Crippen LogP contribution < -0.4 is 16.0 Å². The van der Waals surface area contributed by atoms with E-state index in [2.05, 4.69) is 22.9 Å². The van der Waals surface area contributed by atoms with Crippen LogP contribution in [-0.2, 0) is 0 Å². The second-order valence-corrected chi connectivity index (χ2v) is 4.44. The number of amides is 2. The minimum absolute atomic E-state index is 0.00315. The summed E-state index contributed by atoms with van der Waals surface area (Å²) in [5.74, 6) is 0. The van der Waals surface area contributed by atoms with Gasteiger partial charge >= 0.3 is 6.03 Å². The Kier molecular flexibility index (Phi) is 6.97. The topological polar surface area (TPSA) is 53.2 Å². The highest BCUT2D eigenvalue weighted by Gasteiger charge is 2.14. The van der Waals surface area contributed by atoms with Crippen LogP contribution in [0.5, 0.6) is 0 Å². The first-order valence-corrected chi connectivity index (χ1v) is 6.58.